The van der Waals surface area contributed by atoms with Crippen molar-refractivity contribution in [1.29, 1.82) is 0 Å². The topological polar surface area (TPSA) is 74.7 Å². The molecule has 1 saturated carbocycles. The minimum Gasteiger partial charge on any atom is -0.409 e. The number of hydrogen-bond acceptors (Lipinski definition) is 4. The molecule has 0 radical (unpaired) electrons. The van der Waals surface area contributed by atoms with Crippen molar-refractivity contribution in [3.05, 3.63) is 29.6 Å². The van der Waals surface area contributed by atoms with Crippen molar-refractivity contribution >= 4 is 5.84 Å². The van der Waals surface area contributed by atoms with E-state index in [2.05, 4.69) is 22.1 Å². The smallest absolute Gasteiger partial charge is 0.188 e. The standard InChI is InChI=1S/C12H18N4O/c1-16(10-3-2-4-10)8-9-5-6-14-11(7-9)12(13)15-17/h5-7,10,17H,2-4,8H2,1H3,(H2,13,15). The van der Waals surface area contributed by atoms with Gasteiger partial charge in [0.25, 0.3) is 0 Å². The SMILES string of the molecule is CN(Cc1ccnc(/C(N)=N/O)c1)C1CCC1. The van der Waals surface area contributed by atoms with Gasteiger partial charge in [0.2, 0.25) is 0 Å². The molecule has 92 valence electrons. The molecule has 1 heterocycles. The lowest BCUT2D eigenvalue weighted by Gasteiger charge is -2.34. The summed E-state index contributed by atoms with van der Waals surface area (Å²) in [6.07, 6.45) is 5.60. The van der Waals surface area contributed by atoms with Gasteiger partial charge in [-0.15, -0.1) is 0 Å². The van der Waals surface area contributed by atoms with Crippen molar-refractivity contribution in [3.63, 3.8) is 0 Å². The van der Waals surface area contributed by atoms with Crippen LogP contribution in [0.5, 0.6) is 0 Å². The Kier molecular flexibility index (Phi) is 3.58. The lowest BCUT2D eigenvalue weighted by atomic mass is 9.91. The fourth-order valence-corrected chi connectivity index (χ4v) is 2.01. The van der Waals surface area contributed by atoms with Crippen LogP contribution in [0.15, 0.2) is 23.5 Å². The van der Waals surface area contributed by atoms with E-state index in [9.17, 15) is 0 Å². The fourth-order valence-electron chi connectivity index (χ4n) is 2.01. The number of rotatable bonds is 4. The Labute approximate surface area is 101 Å². The Hall–Kier alpha value is -1.62. The van der Waals surface area contributed by atoms with Gasteiger partial charge in [0, 0.05) is 18.8 Å². The summed E-state index contributed by atoms with van der Waals surface area (Å²) in [4.78, 5) is 6.40. The number of aromatic nitrogens is 1. The first kappa shape index (κ1) is 11.9. The Morgan fingerprint density at radius 2 is 2.41 bits per heavy atom. The molecule has 0 spiro atoms. The van der Waals surface area contributed by atoms with E-state index in [4.69, 9.17) is 10.9 Å². The molecule has 2 rings (SSSR count). The van der Waals surface area contributed by atoms with Crippen LogP contribution in [0.2, 0.25) is 0 Å². The van der Waals surface area contributed by atoms with Crippen LogP contribution in [0.4, 0.5) is 0 Å². The maximum Gasteiger partial charge on any atom is 0.188 e. The quantitative estimate of drug-likeness (QED) is 0.355. The maximum absolute atomic E-state index is 8.61. The molecule has 5 nitrogen and oxygen atoms in total. The van der Waals surface area contributed by atoms with Crippen LogP contribution in [0.3, 0.4) is 0 Å². The second-order valence-corrected chi connectivity index (χ2v) is 4.53. The maximum atomic E-state index is 8.61. The largest absolute Gasteiger partial charge is 0.409 e. The zero-order valence-electron chi connectivity index (χ0n) is 10.0. The first-order valence-corrected chi connectivity index (χ1v) is 5.84. The molecule has 0 aromatic carbocycles. The van der Waals surface area contributed by atoms with E-state index < -0.39 is 0 Å². The summed E-state index contributed by atoms with van der Waals surface area (Å²) in [5, 5.41) is 11.6. The number of amidine groups is 1. The highest BCUT2D eigenvalue weighted by atomic mass is 16.4. The van der Waals surface area contributed by atoms with E-state index in [0.717, 1.165) is 12.1 Å². The van der Waals surface area contributed by atoms with E-state index in [-0.39, 0.29) is 5.84 Å². The minimum atomic E-state index is 0.0538. The highest BCUT2D eigenvalue weighted by Gasteiger charge is 2.21. The molecule has 0 atom stereocenters. The zero-order valence-corrected chi connectivity index (χ0v) is 10.0. The van der Waals surface area contributed by atoms with Gasteiger partial charge in [-0.3, -0.25) is 9.88 Å². The van der Waals surface area contributed by atoms with E-state index in [1.54, 1.807) is 6.20 Å². The monoisotopic (exact) mass is 234 g/mol. The van der Waals surface area contributed by atoms with Crippen LogP contribution in [0.1, 0.15) is 30.5 Å². The molecule has 17 heavy (non-hydrogen) atoms. The van der Waals surface area contributed by atoms with E-state index in [1.165, 1.54) is 19.3 Å². The highest BCUT2D eigenvalue weighted by molar-refractivity contribution is 5.95. The van der Waals surface area contributed by atoms with E-state index in [1.807, 2.05) is 12.1 Å². The van der Waals surface area contributed by atoms with Crippen molar-refractivity contribution < 1.29 is 5.21 Å². The Morgan fingerprint density at radius 3 is 3.00 bits per heavy atom. The molecule has 0 saturated heterocycles. The van der Waals surface area contributed by atoms with Crippen molar-refractivity contribution in [2.75, 3.05) is 7.05 Å². The van der Waals surface area contributed by atoms with Gasteiger partial charge in [0.05, 0.1) is 0 Å². The van der Waals surface area contributed by atoms with Crippen LogP contribution in [0, 0.1) is 0 Å². The molecule has 0 amide bonds. The molecule has 0 bridgehead atoms. The molecule has 1 aliphatic rings. The third-order valence-electron chi connectivity index (χ3n) is 3.32. The third-order valence-corrected chi connectivity index (χ3v) is 3.32. The minimum absolute atomic E-state index is 0.0538. The van der Waals surface area contributed by atoms with Gasteiger partial charge in [-0.1, -0.05) is 11.6 Å². The summed E-state index contributed by atoms with van der Waals surface area (Å²) in [5.74, 6) is 0.0538. The van der Waals surface area contributed by atoms with Crippen LogP contribution in [-0.4, -0.2) is 34.0 Å². The van der Waals surface area contributed by atoms with Crippen molar-refractivity contribution in [3.8, 4) is 0 Å². The summed E-state index contributed by atoms with van der Waals surface area (Å²) in [6, 6.07) is 4.53. The van der Waals surface area contributed by atoms with Gasteiger partial charge < -0.3 is 10.9 Å². The third kappa shape index (κ3) is 2.74. The van der Waals surface area contributed by atoms with Crippen LogP contribution < -0.4 is 5.73 Å². The molecule has 1 aromatic heterocycles. The molecule has 1 aliphatic carbocycles. The second-order valence-electron chi connectivity index (χ2n) is 4.53. The summed E-state index contributed by atoms with van der Waals surface area (Å²) in [5.41, 5.74) is 7.17. The molecular weight excluding hydrogens is 216 g/mol. The van der Waals surface area contributed by atoms with E-state index in [0.29, 0.717) is 11.7 Å². The van der Waals surface area contributed by atoms with Gasteiger partial charge in [-0.2, -0.15) is 0 Å². The summed E-state index contributed by atoms with van der Waals surface area (Å²) < 4.78 is 0. The van der Waals surface area contributed by atoms with Crippen LogP contribution in [0.25, 0.3) is 0 Å². The number of nitrogens with two attached hydrogens (primary N) is 1. The van der Waals surface area contributed by atoms with Gasteiger partial charge >= 0.3 is 0 Å². The molecule has 0 unspecified atom stereocenters. The molecule has 3 N–H and O–H groups in total. The Balaban J connectivity index is 2.05. The fraction of sp³-hybridized carbons (Fsp3) is 0.500. The zero-order chi connectivity index (χ0) is 12.3. The summed E-state index contributed by atoms with van der Waals surface area (Å²) in [6.45, 7) is 0.874. The van der Waals surface area contributed by atoms with Gasteiger partial charge in [0.1, 0.15) is 5.69 Å². The summed E-state index contributed by atoms with van der Waals surface area (Å²) in [7, 11) is 2.13. The molecule has 1 fully saturated rings. The van der Waals surface area contributed by atoms with Gasteiger partial charge in [-0.05, 0) is 37.6 Å². The van der Waals surface area contributed by atoms with Crippen molar-refractivity contribution in [2.45, 2.75) is 31.8 Å². The first-order valence-electron chi connectivity index (χ1n) is 5.84. The predicted molar refractivity (Wildman–Crippen MR) is 65.9 cm³/mol. The van der Waals surface area contributed by atoms with Crippen molar-refractivity contribution in [2.24, 2.45) is 10.9 Å². The number of hydrogen-bond donors (Lipinski definition) is 2. The molecule has 5 heteroatoms. The average Bonchev–Trinajstić information content (AvgIpc) is 2.26. The van der Waals surface area contributed by atoms with Crippen LogP contribution in [-0.2, 0) is 6.54 Å². The Morgan fingerprint density at radius 1 is 1.65 bits per heavy atom. The molecular formula is C12H18N4O. The molecule has 1 aromatic rings. The lowest BCUT2D eigenvalue weighted by Crippen LogP contribution is -2.36. The number of pyridine rings is 1. The number of nitrogens with zero attached hydrogens (tertiary/aromatic N) is 3. The van der Waals surface area contributed by atoms with Crippen LogP contribution >= 0.6 is 0 Å². The first-order chi connectivity index (χ1) is 8.20. The normalized spacial score (nSPS) is 17.2. The van der Waals surface area contributed by atoms with Gasteiger partial charge in [0.15, 0.2) is 5.84 Å². The highest BCUT2D eigenvalue weighted by Crippen LogP contribution is 2.24. The molecule has 0 aliphatic heterocycles. The predicted octanol–water partition coefficient (Wildman–Crippen LogP) is 1.16. The van der Waals surface area contributed by atoms with Gasteiger partial charge in [-0.25, -0.2) is 0 Å². The lowest BCUT2D eigenvalue weighted by molar-refractivity contribution is 0.152. The second kappa shape index (κ2) is 5.14. The Bertz CT molecular complexity index is 415. The number of oxime groups is 1. The summed E-state index contributed by atoms with van der Waals surface area (Å²) >= 11 is 0. The van der Waals surface area contributed by atoms with E-state index >= 15 is 0 Å². The average molecular weight is 234 g/mol. The van der Waals surface area contributed by atoms with Crippen molar-refractivity contribution in [1.82, 2.24) is 9.88 Å².